The molecule has 20 heavy (non-hydrogen) atoms. The standard InChI is InChI=1S/C14H21N5O/c1-5-9(2)10(3)19-14(16-17-18-19)12-8-11(20-4)6-7-13(12)15/h6-10H,5,15H2,1-4H3. The lowest BCUT2D eigenvalue weighted by molar-refractivity contribution is 0.340. The molecule has 1 aromatic carbocycles. The Bertz CT molecular complexity index is 581. The predicted molar refractivity (Wildman–Crippen MR) is 78.4 cm³/mol. The Morgan fingerprint density at radius 1 is 1.35 bits per heavy atom. The van der Waals surface area contributed by atoms with Crippen LogP contribution in [0.1, 0.15) is 33.2 Å². The van der Waals surface area contributed by atoms with Gasteiger partial charge in [0.25, 0.3) is 0 Å². The van der Waals surface area contributed by atoms with Gasteiger partial charge in [-0.2, -0.15) is 0 Å². The summed E-state index contributed by atoms with van der Waals surface area (Å²) in [6.07, 6.45) is 1.06. The SMILES string of the molecule is CCC(C)C(C)n1nnnc1-c1cc(OC)ccc1N. The number of benzene rings is 1. The third-order valence-electron chi connectivity index (χ3n) is 3.85. The Hall–Kier alpha value is -2.11. The monoisotopic (exact) mass is 275 g/mol. The van der Waals surface area contributed by atoms with E-state index in [1.165, 1.54) is 0 Å². The number of ether oxygens (including phenoxy) is 1. The van der Waals surface area contributed by atoms with Gasteiger partial charge in [0.15, 0.2) is 5.82 Å². The van der Waals surface area contributed by atoms with Gasteiger partial charge >= 0.3 is 0 Å². The summed E-state index contributed by atoms with van der Waals surface area (Å²) in [6, 6.07) is 5.70. The summed E-state index contributed by atoms with van der Waals surface area (Å²) < 4.78 is 7.08. The molecule has 0 saturated carbocycles. The molecular formula is C14H21N5O. The Labute approximate surface area is 118 Å². The second-order valence-electron chi connectivity index (χ2n) is 5.03. The molecule has 2 rings (SSSR count). The number of hydrogen-bond donors (Lipinski definition) is 1. The molecule has 108 valence electrons. The summed E-state index contributed by atoms with van der Waals surface area (Å²) in [5, 5.41) is 12.0. The van der Waals surface area contributed by atoms with E-state index >= 15 is 0 Å². The summed E-state index contributed by atoms with van der Waals surface area (Å²) in [5.74, 6) is 1.89. The number of nitrogens with zero attached hydrogens (tertiary/aromatic N) is 4. The molecule has 0 fully saturated rings. The molecule has 0 bridgehead atoms. The number of rotatable bonds is 5. The van der Waals surface area contributed by atoms with Gasteiger partial charge in [0.2, 0.25) is 0 Å². The van der Waals surface area contributed by atoms with Crippen molar-refractivity contribution in [1.82, 2.24) is 20.2 Å². The molecule has 0 aliphatic heterocycles. The fourth-order valence-electron chi connectivity index (χ4n) is 2.08. The fraction of sp³-hybridized carbons (Fsp3) is 0.500. The van der Waals surface area contributed by atoms with Crippen LogP contribution in [0.15, 0.2) is 18.2 Å². The highest BCUT2D eigenvalue weighted by atomic mass is 16.5. The zero-order valence-corrected chi connectivity index (χ0v) is 12.4. The fourth-order valence-corrected chi connectivity index (χ4v) is 2.08. The van der Waals surface area contributed by atoms with Crippen molar-refractivity contribution in [2.24, 2.45) is 5.92 Å². The molecule has 1 heterocycles. The van der Waals surface area contributed by atoms with Gasteiger partial charge in [-0.05, 0) is 41.5 Å². The van der Waals surface area contributed by atoms with E-state index in [0.717, 1.165) is 17.7 Å². The molecule has 0 aliphatic rings. The minimum Gasteiger partial charge on any atom is -0.497 e. The predicted octanol–water partition coefficient (Wildman–Crippen LogP) is 2.54. The number of nitrogens with two attached hydrogens (primary N) is 1. The van der Waals surface area contributed by atoms with Crippen molar-refractivity contribution in [3.8, 4) is 17.1 Å². The van der Waals surface area contributed by atoms with E-state index in [1.807, 2.05) is 16.8 Å². The molecule has 1 aromatic heterocycles. The van der Waals surface area contributed by atoms with Gasteiger partial charge in [-0.25, -0.2) is 4.68 Å². The van der Waals surface area contributed by atoms with Crippen molar-refractivity contribution in [2.45, 2.75) is 33.2 Å². The quantitative estimate of drug-likeness (QED) is 0.848. The van der Waals surface area contributed by atoms with E-state index in [2.05, 4.69) is 36.3 Å². The lowest BCUT2D eigenvalue weighted by atomic mass is 10.0. The zero-order chi connectivity index (χ0) is 14.7. The van der Waals surface area contributed by atoms with Crippen LogP contribution in [0.25, 0.3) is 11.4 Å². The highest BCUT2D eigenvalue weighted by Gasteiger charge is 2.20. The number of anilines is 1. The molecule has 2 N–H and O–H groups in total. The minimum absolute atomic E-state index is 0.204. The zero-order valence-electron chi connectivity index (χ0n) is 12.4. The molecule has 6 heteroatoms. The van der Waals surface area contributed by atoms with Gasteiger partial charge < -0.3 is 10.5 Å². The Morgan fingerprint density at radius 2 is 2.10 bits per heavy atom. The van der Waals surface area contributed by atoms with Crippen LogP contribution in [0.4, 0.5) is 5.69 Å². The lowest BCUT2D eigenvalue weighted by Crippen LogP contribution is -2.16. The van der Waals surface area contributed by atoms with Crippen molar-refractivity contribution in [3.05, 3.63) is 18.2 Å². The highest BCUT2D eigenvalue weighted by Crippen LogP contribution is 2.31. The van der Waals surface area contributed by atoms with Crippen LogP contribution in [0.5, 0.6) is 5.75 Å². The first-order chi connectivity index (χ1) is 9.58. The van der Waals surface area contributed by atoms with Crippen molar-refractivity contribution >= 4 is 5.69 Å². The Balaban J connectivity index is 2.47. The maximum Gasteiger partial charge on any atom is 0.184 e. The van der Waals surface area contributed by atoms with E-state index < -0.39 is 0 Å². The summed E-state index contributed by atoms with van der Waals surface area (Å²) in [5.41, 5.74) is 7.48. The van der Waals surface area contributed by atoms with Crippen molar-refractivity contribution < 1.29 is 4.74 Å². The Kier molecular flexibility index (Phi) is 4.22. The second-order valence-corrected chi connectivity index (χ2v) is 5.03. The molecule has 2 atom stereocenters. The van der Waals surface area contributed by atoms with Crippen LogP contribution in [0.3, 0.4) is 0 Å². The van der Waals surface area contributed by atoms with Crippen LogP contribution in [-0.2, 0) is 0 Å². The normalized spacial score (nSPS) is 14.0. The van der Waals surface area contributed by atoms with Crippen LogP contribution >= 0.6 is 0 Å². The van der Waals surface area contributed by atoms with Gasteiger partial charge in [-0.1, -0.05) is 20.3 Å². The third-order valence-corrected chi connectivity index (χ3v) is 3.85. The number of nitrogen functional groups attached to an aromatic ring is 1. The molecule has 0 radical (unpaired) electrons. The first kappa shape index (κ1) is 14.3. The van der Waals surface area contributed by atoms with Gasteiger partial charge in [0.05, 0.1) is 13.2 Å². The molecule has 0 aliphatic carbocycles. The van der Waals surface area contributed by atoms with Crippen molar-refractivity contribution in [1.29, 1.82) is 0 Å². The number of methoxy groups -OCH3 is 1. The van der Waals surface area contributed by atoms with Gasteiger partial charge in [0, 0.05) is 11.3 Å². The third kappa shape index (κ3) is 2.59. The first-order valence-corrected chi connectivity index (χ1v) is 6.80. The van der Waals surface area contributed by atoms with Gasteiger partial charge in [0.1, 0.15) is 5.75 Å². The average molecular weight is 275 g/mol. The van der Waals surface area contributed by atoms with E-state index in [0.29, 0.717) is 17.4 Å². The van der Waals surface area contributed by atoms with Crippen molar-refractivity contribution in [3.63, 3.8) is 0 Å². The largest absolute Gasteiger partial charge is 0.497 e. The Morgan fingerprint density at radius 3 is 2.75 bits per heavy atom. The maximum atomic E-state index is 6.05. The van der Waals surface area contributed by atoms with Crippen LogP contribution < -0.4 is 10.5 Å². The summed E-state index contributed by atoms with van der Waals surface area (Å²) in [6.45, 7) is 6.46. The molecule has 0 spiro atoms. The van der Waals surface area contributed by atoms with E-state index in [1.54, 1.807) is 13.2 Å². The average Bonchev–Trinajstić information content (AvgIpc) is 2.95. The smallest absolute Gasteiger partial charge is 0.184 e. The summed E-state index contributed by atoms with van der Waals surface area (Å²) >= 11 is 0. The highest BCUT2D eigenvalue weighted by molar-refractivity contribution is 5.73. The van der Waals surface area contributed by atoms with Crippen LogP contribution in [0.2, 0.25) is 0 Å². The van der Waals surface area contributed by atoms with E-state index in [9.17, 15) is 0 Å². The molecular weight excluding hydrogens is 254 g/mol. The van der Waals surface area contributed by atoms with Gasteiger partial charge in [-0.15, -0.1) is 5.10 Å². The lowest BCUT2D eigenvalue weighted by Gasteiger charge is -2.19. The molecule has 6 nitrogen and oxygen atoms in total. The van der Waals surface area contributed by atoms with Crippen LogP contribution in [0, 0.1) is 5.92 Å². The van der Waals surface area contributed by atoms with E-state index in [4.69, 9.17) is 10.5 Å². The second kappa shape index (κ2) is 5.90. The van der Waals surface area contributed by atoms with E-state index in [-0.39, 0.29) is 6.04 Å². The minimum atomic E-state index is 0.204. The number of tetrazole rings is 1. The molecule has 2 unspecified atom stereocenters. The summed E-state index contributed by atoms with van der Waals surface area (Å²) in [4.78, 5) is 0. The number of aromatic nitrogens is 4. The maximum absolute atomic E-state index is 6.05. The molecule has 2 aromatic rings. The molecule has 0 saturated heterocycles. The van der Waals surface area contributed by atoms with Crippen molar-refractivity contribution in [2.75, 3.05) is 12.8 Å². The first-order valence-electron chi connectivity index (χ1n) is 6.80. The van der Waals surface area contributed by atoms with Crippen LogP contribution in [-0.4, -0.2) is 27.3 Å². The summed E-state index contributed by atoms with van der Waals surface area (Å²) in [7, 11) is 1.63. The number of hydrogen-bond acceptors (Lipinski definition) is 5. The van der Waals surface area contributed by atoms with Gasteiger partial charge in [-0.3, -0.25) is 0 Å². The molecule has 0 amide bonds. The topological polar surface area (TPSA) is 78.8 Å².